The number of nitrogens with one attached hydrogen (secondary N) is 1. The molecule has 0 bridgehead atoms. The van der Waals surface area contributed by atoms with Gasteiger partial charge in [0.25, 0.3) is 5.69 Å². The van der Waals surface area contributed by atoms with Gasteiger partial charge in [-0.3, -0.25) is 15.0 Å². The first kappa shape index (κ1) is 20.0. The van der Waals surface area contributed by atoms with E-state index in [1.807, 2.05) is 27.7 Å². The normalized spacial score (nSPS) is 16.3. The molecule has 10 heteroatoms. The second-order valence-corrected chi connectivity index (χ2v) is 8.09. The number of aryl methyl sites for hydroxylation is 1. The summed E-state index contributed by atoms with van der Waals surface area (Å²) in [4.78, 5) is 28.9. The van der Waals surface area contributed by atoms with Crippen molar-refractivity contribution in [1.82, 2.24) is 25.0 Å². The third-order valence-corrected chi connectivity index (χ3v) is 4.61. The van der Waals surface area contributed by atoms with E-state index >= 15 is 0 Å². The van der Waals surface area contributed by atoms with Gasteiger partial charge >= 0.3 is 6.09 Å². The van der Waals surface area contributed by atoms with Gasteiger partial charge in [-0.05, 0) is 40.5 Å². The van der Waals surface area contributed by atoms with Crippen molar-refractivity contribution in [2.24, 2.45) is 0 Å². The minimum atomic E-state index is -0.508. The van der Waals surface area contributed by atoms with Crippen molar-refractivity contribution in [1.29, 1.82) is 0 Å². The zero-order chi connectivity index (χ0) is 20.5. The number of pyridine rings is 1. The lowest BCUT2D eigenvalue weighted by molar-refractivity contribution is -0.385. The molecule has 0 spiro atoms. The summed E-state index contributed by atoms with van der Waals surface area (Å²) in [7, 11) is 0. The van der Waals surface area contributed by atoms with Crippen molar-refractivity contribution in [3.63, 3.8) is 0 Å². The van der Waals surface area contributed by atoms with E-state index in [4.69, 9.17) is 4.74 Å². The van der Waals surface area contributed by atoms with Gasteiger partial charge in [0.15, 0.2) is 5.65 Å². The molecule has 0 aliphatic carbocycles. The fourth-order valence-electron chi connectivity index (χ4n) is 3.28. The van der Waals surface area contributed by atoms with Crippen LogP contribution in [0.3, 0.4) is 0 Å². The maximum atomic E-state index is 11.9. The van der Waals surface area contributed by atoms with Crippen LogP contribution < -0.4 is 5.32 Å². The highest BCUT2D eigenvalue weighted by molar-refractivity contribution is 5.80. The molecule has 1 N–H and O–H groups in total. The summed E-state index contributed by atoms with van der Waals surface area (Å²) < 4.78 is 7.08. The maximum Gasteiger partial charge on any atom is 0.407 e. The molecule has 1 amide bonds. The fourth-order valence-corrected chi connectivity index (χ4v) is 3.28. The third-order valence-electron chi connectivity index (χ3n) is 4.61. The van der Waals surface area contributed by atoms with E-state index in [1.54, 1.807) is 4.68 Å². The number of amides is 1. The maximum absolute atomic E-state index is 11.9. The Balaban J connectivity index is 1.59. The molecule has 0 radical (unpaired) electrons. The Hall–Kier alpha value is -2.75. The monoisotopic (exact) mass is 390 g/mol. The van der Waals surface area contributed by atoms with Crippen molar-refractivity contribution in [2.75, 3.05) is 13.1 Å². The lowest BCUT2D eigenvalue weighted by atomic mass is 10.1. The van der Waals surface area contributed by atoms with Crippen LogP contribution in [0.5, 0.6) is 0 Å². The first-order valence-corrected chi connectivity index (χ1v) is 9.32. The van der Waals surface area contributed by atoms with Gasteiger partial charge in [-0.1, -0.05) is 0 Å². The molecule has 3 rings (SSSR count). The zero-order valence-electron chi connectivity index (χ0n) is 16.6. The Morgan fingerprint density at radius 3 is 2.68 bits per heavy atom. The number of nitro groups is 1. The molecule has 1 aliphatic rings. The van der Waals surface area contributed by atoms with Crippen molar-refractivity contribution < 1.29 is 14.5 Å². The molecule has 1 saturated heterocycles. The fraction of sp³-hybridized carbons (Fsp3) is 0.611. The molecular weight excluding hydrogens is 364 g/mol. The Bertz CT molecular complexity index is 880. The van der Waals surface area contributed by atoms with Crippen molar-refractivity contribution in [3.05, 3.63) is 28.1 Å². The topological polar surface area (TPSA) is 115 Å². The van der Waals surface area contributed by atoms with E-state index in [1.165, 1.54) is 12.3 Å². The highest BCUT2D eigenvalue weighted by Crippen LogP contribution is 2.22. The van der Waals surface area contributed by atoms with Gasteiger partial charge in [0.05, 0.1) is 17.3 Å². The first-order chi connectivity index (χ1) is 13.1. The number of piperidine rings is 1. The van der Waals surface area contributed by atoms with Crippen LogP contribution in [0.15, 0.2) is 12.3 Å². The van der Waals surface area contributed by atoms with E-state index in [0.717, 1.165) is 25.9 Å². The Morgan fingerprint density at radius 2 is 2.07 bits per heavy atom. The van der Waals surface area contributed by atoms with E-state index in [-0.39, 0.29) is 17.8 Å². The summed E-state index contributed by atoms with van der Waals surface area (Å²) in [6, 6.07) is 1.60. The predicted molar refractivity (Wildman–Crippen MR) is 103 cm³/mol. The number of hydrogen-bond donors (Lipinski definition) is 1. The average molecular weight is 390 g/mol. The first-order valence-electron chi connectivity index (χ1n) is 9.32. The lowest BCUT2D eigenvalue weighted by Gasteiger charge is -2.32. The van der Waals surface area contributed by atoms with Gasteiger partial charge in [0.2, 0.25) is 0 Å². The van der Waals surface area contributed by atoms with Gasteiger partial charge in [-0.2, -0.15) is 5.10 Å². The summed E-state index contributed by atoms with van der Waals surface area (Å²) in [6.07, 6.45) is 2.51. The Morgan fingerprint density at radius 1 is 1.39 bits per heavy atom. The van der Waals surface area contributed by atoms with E-state index in [9.17, 15) is 14.9 Å². The van der Waals surface area contributed by atoms with Crippen molar-refractivity contribution in [2.45, 2.75) is 58.8 Å². The Labute approximate surface area is 163 Å². The lowest BCUT2D eigenvalue weighted by Crippen LogP contribution is -2.46. The van der Waals surface area contributed by atoms with Crippen LogP contribution in [0.1, 0.15) is 39.3 Å². The minimum absolute atomic E-state index is 0.0378. The number of ether oxygens (including phenoxy) is 1. The second kappa shape index (κ2) is 7.70. The van der Waals surface area contributed by atoms with Gasteiger partial charge in [0.1, 0.15) is 11.8 Å². The molecule has 2 aromatic rings. The van der Waals surface area contributed by atoms with Crippen molar-refractivity contribution >= 4 is 22.8 Å². The number of carbonyl (C=O) groups is 1. The number of rotatable bonds is 4. The van der Waals surface area contributed by atoms with Crippen LogP contribution in [0, 0.1) is 17.0 Å². The van der Waals surface area contributed by atoms with Crippen LogP contribution in [-0.4, -0.2) is 55.4 Å². The van der Waals surface area contributed by atoms with E-state index < -0.39 is 10.5 Å². The minimum Gasteiger partial charge on any atom is -0.444 e. The molecule has 0 aromatic carbocycles. The molecule has 1 aliphatic heterocycles. The van der Waals surface area contributed by atoms with Crippen LogP contribution in [0.2, 0.25) is 0 Å². The molecule has 2 aromatic heterocycles. The number of nitrogens with zero attached hydrogens (tertiary/aromatic N) is 5. The molecule has 28 heavy (non-hydrogen) atoms. The van der Waals surface area contributed by atoms with E-state index in [2.05, 4.69) is 20.3 Å². The van der Waals surface area contributed by atoms with E-state index in [0.29, 0.717) is 23.4 Å². The number of aromatic nitrogens is 3. The van der Waals surface area contributed by atoms with Gasteiger partial charge in [-0.25, -0.2) is 14.5 Å². The highest BCUT2D eigenvalue weighted by atomic mass is 16.6. The zero-order valence-corrected chi connectivity index (χ0v) is 16.6. The number of fused-ring (bicyclic) bond motifs is 1. The number of likely N-dealkylation sites (tertiary alicyclic amines) is 1. The van der Waals surface area contributed by atoms with Crippen LogP contribution >= 0.6 is 0 Å². The number of carbonyl (C=O) groups excluding carboxylic acids is 1. The van der Waals surface area contributed by atoms with Crippen LogP contribution in [0.4, 0.5) is 10.5 Å². The van der Waals surface area contributed by atoms with Crippen molar-refractivity contribution in [3.8, 4) is 0 Å². The Kier molecular flexibility index (Phi) is 5.50. The summed E-state index contributed by atoms with van der Waals surface area (Å²) in [5, 5.41) is 19.1. The highest BCUT2D eigenvalue weighted by Gasteiger charge is 2.24. The quantitative estimate of drug-likeness (QED) is 0.630. The summed E-state index contributed by atoms with van der Waals surface area (Å²) in [5.41, 5.74) is 0.806. The molecule has 0 unspecified atom stereocenters. The summed E-state index contributed by atoms with van der Waals surface area (Å²) >= 11 is 0. The largest absolute Gasteiger partial charge is 0.444 e. The molecule has 10 nitrogen and oxygen atoms in total. The standard InChI is InChI=1S/C18H26N6O4/c1-12-15-9-14(24(26)27)10-19-16(15)23(21-12)11-22-7-5-13(6-8-22)20-17(25)28-18(2,3)4/h9-10,13H,5-8,11H2,1-4H3,(H,20,25). The van der Waals surface area contributed by atoms with Gasteiger partial charge < -0.3 is 10.1 Å². The summed E-state index contributed by atoms with van der Waals surface area (Å²) in [5.74, 6) is 0. The third kappa shape index (κ3) is 4.75. The van der Waals surface area contributed by atoms with Gasteiger partial charge in [-0.15, -0.1) is 0 Å². The average Bonchev–Trinajstić information content (AvgIpc) is 2.90. The molecule has 152 valence electrons. The smallest absolute Gasteiger partial charge is 0.407 e. The summed E-state index contributed by atoms with van der Waals surface area (Å²) in [6.45, 7) is 9.49. The molecule has 3 heterocycles. The molecule has 1 fully saturated rings. The molecule has 0 saturated carbocycles. The second-order valence-electron chi connectivity index (χ2n) is 8.09. The van der Waals surface area contributed by atoms with Crippen LogP contribution in [0.25, 0.3) is 11.0 Å². The predicted octanol–water partition coefficient (Wildman–Crippen LogP) is 2.59. The number of hydrogen-bond acceptors (Lipinski definition) is 7. The SMILES string of the molecule is Cc1nn(CN2CCC(NC(=O)OC(C)(C)C)CC2)c2ncc([N+](=O)[O-])cc12. The van der Waals surface area contributed by atoms with Gasteiger partial charge in [0, 0.05) is 30.6 Å². The number of alkyl carbamates (subject to hydrolysis) is 1. The molecule has 0 atom stereocenters. The molecular formula is C18H26N6O4. The van der Waals surface area contributed by atoms with Crippen LogP contribution in [-0.2, 0) is 11.4 Å².